The number of ether oxygens (including phenoxy) is 2. The lowest BCUT2D eigenvalue weighted by atomic mass is 10.1. The largest absolute Gasteiger partial charge is 0.454 e. The number of amides is 1. The van der Waals surface area contributed by atoms with Crippen LogP contribution < -0.4 is 15.2 Å². The van der Waals surface area contributed by atoms with Gasteiger partial charge in [0.15, 0.2) is 11.5 Å². The van der Waals surface area contributed by atoms with Gasteiger partial charge in [-0.15, -0.1) is 0 Å². The topological polar surface area (TPSA) is 64.8 Å². The highest BCUT2D eigenvalue weighted by Gasteiger charge is 2.16. The van der Waals surface area contributed by atoms with Gasteiger partial charge in [0.05, 0.1) is 6.42 Å². The highest BCUT2D eigenvalue weighted by atomic mass is 16.7. The van der Waals surface area contributed by atoms with Gasteiger partial charge in [-0.3, -0.25) is 4.79 Å². The van der Waals surface area contributed by atoms with Crippen LogP contribution in [0.4, 0.5) is 5.69 Å². The summed E-state index contributed by atoms with van der Waals surface area (Å²) in [7, 11) is 0. The zero-order valence-electron chi connectivity index (χ0n) is 13.1. The summed E-state index contributed by atoms with van der Waals surface area (Å²) < 4.78 is 10.7. The second-order valence-electron chi connectivity index (χ2n) is 5.51. The van der Waals surface area contributed by atoms with E-state index < -0.39 is 0 Å². The molecule has 0 spiro atoms. The minimum Gasteiger partial charge on any atom is -0.454 e. The molecule has 2 aromatic carbocycles. The lowest BCUT2D eigenvalue weighted by Crippen LogP contribution is -2.31. The Morgan fingerprint density at radius 2 is 1.78 bits per heavy atom. The number of anilines is 1. The summed E-state index contributed by atoms with van der Waals surface area (Å²) in [5.74, 6) is 1.59. The minimum atomic E-state index is 0.0925. The Balaban J connectivity index is 1.67. The van der Waals surface area contributed by atoms with Gasteiger partial charge in [0.1, 0.15) is 0 Å². The van der Waals surface area contributed by atoms with Gasteiger partial charge in [-0.1, -0.05) is 18.2 Å². The van der Waals surface area contributed by atoms with Crippen LogP contribution in [0.5, 0.6) is 11.5 Å². The fourth-order valence-corrected chi connectivity index (χ4v) is 2.56. The van der Waals surface area contributed by atoms with Crippen molar-refractivity contribution < 1.29 is 14.3 Å². The number of fused-ring (bicyclic) bond motifs is 1. The molecule has 1 amide bonds. The maximum atomic E-state index is 12.5. The Hall–Kier alpha value is -2.69. The summed E-state index contributed by atoms with van der Waals surface area (Å²) in [4.78, 5) is 14.3. The number of carbonyl (C=O) groups is 1. The summed E-state index contributed by atoms with van der Waals surface area (Å²) >= 11 is 0. The molecule has 1 aliphatic rings. The van der Waals surface area contributed by atoms with Gasteiger partial charge in [0, 0.05) is 18.8 Å². The number of rotatable bonds is 5. The molecule has 3 rings (SSSR count). The van der Waals surface area contributed by atoms with E-state index in [-0.39, 0.29) is 12.7 Å². The van der Waals surface area contributed by atoms with E-state index >= 15 is 0 Å². The van der Waals surface area contributed by atoms with Crippen molar-refractivity contribution in [3.05, 3.63) is 53.6 Å². The molecule has 0 saturated carbocycles. The van der Waals surface area contributed by atoms with E-state index in [1.165, 1.54) is 0 Å². The molecule has 5 nitrogen and oxygen atoms in total. The molecule has 120 valence electrons. The van der Waals surface area contributed by atoms with Crippen molar-refractivity contribution in [1.29, 1.82) is 0 Å². The zero-order valence-corrected chi connectivity index (χ0v) is 13.1. The Labute approximate surface area is 135 Å². The first kappa shape index (κ1) is 15.2. The average molecular weight is 312 g/mol. The first-order valence-corrected chi connectivity index (χ1v) is 7.66. The average Bonchev–Trinajstić information content (AvgIpc) is 3.02. The number of carbonyl (C=O) groups excluding carboxylic acids is 1. The smallest absolute Gasteiger partial charge is 0.231 e. The standard InChI is InChI=1S/C18H20N2O3/c1-2-20(18(21)10-13-3-6-15(19)7-4-13)11-14-5-8-16-17(9-14)23-12-22-16/h3-9H,2,10-12,19H2,1H3. The Bertz CT molecular complexity index is 698. The number of nitrogens with zero attached hydrogens (tertiary/aromatic N) is 1. The predicted octanol–water partition coefficient (Wildman–Crippen LogP) is 2.59. The molecule has 0 unspecified atom stereocenters. The van der Waals surface area contributed by atoms with Crippen molar-refractivity contribution in [2.75, 3.05) is 19.1 Å². The zero-order chi connectivity index (χ0) is 16.2. The highest BCUT2D eigenvalue weighted by Crippen LogP contribution is 2.32. The third kappa shape index (κ3) is 3.56. The quantitative estimate of drug-likeness (QED) is 0.862. The fraction of sp³-hybridized carbons (Fsp3) is 0.278. The molecule has 2 aromatic rings. The summed E-state index contributed by atoms with van der Waals surface area (Å²) in [6.45, 7) is 3.45. The summed E-state index contributed by atoms with van der Waals surface area (Å²) in [6.07, 6.45) is 0.374. The van der Waals surface area contributed by atoms with E-state index in [2.05, 4.69) is 0 Å². The van der Waals surface area contributed by atoms with Crippen molar-refractivity contribution in [3.8, 4) is 11.5 Å². The van der Waals surface area contributed by atoms with Crippen LogP contribution in [-0.4, -0.2) is 24.1 Å². The van der Waals surface area contributed by atoms with Crippen molar-refractivity contribution in [3.63, 3.8) is 0 Å². The van der Waals surface area contributed by atoms with Gasteiger partial charge in [-0.2, -0.15) is 0 Å². The molecule has 2 N–H and O–H groups in total. The maximum Gasteiger partial charge on any atom is 0.231 e. The van der Waals surface area contributed by atoms with Gasteiger partial charge >= 0.3 is 0 Å². The first-order valence-electron chi connectivity index (χ1n) is 7.66. The first-order chi connectivity index (χ1) is 11.2. The van der Waals surface area contributed by atoms with Crippen LogP contribution >= 0.6 is 0 Å². The van der Waals surface area contributed by atoms with Crippen molar-refractivity contribution >= 4 is 11.6 Å². The fourth-order valence-electron chi connectivity index (χ4n) is 2.56. The van der Waals surface area contributed by atoms with Gasteiger partial charge in [0.2, 0.25) is 12.7 Å². The molecule has 0 aliphatic carbocycles. The van der Waals surface area contributed by atoms with E-state index in [1.807, 2.05) is 54.3 Å². The summed E-state index contributed by atoms with van der Waals surface area (Å²) in [6, 6.07) is 13.2. The van der Waals surface area contributed by atoms with Gasteiger partial charge in [0.25, 0.3) is 0 Å². The molecule has 1 aliphatic heterocycles. The van der Waals surface area contributed by atoms with Crippen LogP contribution in [0.2, 0.25) is 0 Å². The van der Waals surface area contributed by atoms with E-state index in [1.54, 1.807) is 0 Å². The molecule has 23 heavy (non-hydrogen) atoms. The Kier molecular flexibility index (Phi) is 4.37. The second kappa shape index (κ2) is 6.60. The van der Waals surface area contributed by atoms with Crippen LogP contribution in [0.15, 0.2) is 42.5 Å². The van der Waals surface area contributed by atoms with Gasteiger partial charge in [-0.25, -0.2) is 0 Å². The van der Waals surface area contributed by atoms with Gasteiger partial charge in [-0.05, 0) is 42.3 Å². The van der Waals surface area contributed by atoms with Crippen molar-refractivity contribution in [2.24, 2.45) is 0 Å². The molecule has 0 saturated heterocycles. The normalized spacial score (nSPS) is 12.2. The third-order valence-corrected chi connectivity index (χ3v) is 3.88. The molecule has 0 bridgehead atoms. The summed E-state index contributed by atoms with van der Waals surface area (Å²) in [5, 5.41) is 0. The number of hydrogen-bond acceptors (Lipinski definition) is 4. The lowest BCUT2D eigenvalue weighted by Gasteiger charge is -2.21. The van der Waals surface area contributed by atoms with Crippen LogP contribution in [0.3, 0.4) is 0 Å². The highest BCUT2D eigenvalue weighted by molar-refractivity contribution is 5.79. The van der Waals surface area contributed by atoms with Crippen molar-refractivity contribution in [1.82, 2.24) is 4.90 Å². The monoisotopic (exact) mass is 312 g/mol. The molecule has 0 radical (unpaired) electrons. The molecule has 0 fully saturated rings. The second-order valence-corrected chi connectivity index (χ2v) is 5.51. The molecular formula is C18H20N2O3. The Morgan fingerprint density at radius 1 is 1.09 bits per heavy atom. The Morgan fingerprint density at radius 3 is 2.52 bits per heavy atom. The number of hydrogen-bond donors (Lipinski definition) is 1. The third-order valence-electron chi connectivity index (χ3n) is 3.88. The summed E-state index contributed by atoms with van der Waals surface area (Å²) in [5.41, 5.74) is 8.37. The molecule has 0 aromatic heterocycles. The van der Waals surface area contributed by atoms with E-state index in [0.717, 1.165) is 22.6 Å². The number of likely N-dealkylation sites (N-methyl/N-ethyl adjacent to an activating group) is 1. The number of benzene rings is 2. The van der Waals surface area contributed by atoms with Crippen LogP contribution in [0.1, 0.15) is 18.1 Å². The van der Waals surface area contributed by atoms with Crippen LogP contribution in [0, 0.1) is 0 Å². The van der Waals surface area contributed by atoms with Crippen LogP contribution in [-0.2, 0) is 17.8 Å². The molecule has 5 heteroatoms. The van der Waals surface area contributed by atoms with Crippen molar-refractivity contribution in [2.45, 2.75) is 19.9 Å². The SMILES string of the molecule is CCN(Cc1ccc2c(c1)OCO2)C(=O)Cc1ccc(N)cc1. The molecular weight excluding hydrogens is 292 g/mol. The lowest BCUT2D eigenvalue weighted by molar-refractivity contribution is -0.130. The van der Waals surface area contributed by atoms with Crippen LogP contribution in [0.25, 0.3) is 0 Å². The maximum absolute atomic E-state index is 12.5. The molecule has 0 atom stereocenters. The van der Waals surface area contributed by atoms with E-state index in [4.69, 9.17) is 15.2 Å². The van der Waals surface area contributed by atoms with E-state index in [9.17, 15) is 4.79 Å². The molecule has 1 heterocycles. The number of nitrogens with two attached hydrogens (primary N) is 1. The van der Waals surface area contributed by atoms with Gasteiger partial charge < -0.3 is 20.1 Å². The predicted molar refractivity (Wildman–Crippen MR) is 88.2 cm³/mol. The minimum absolute atomic E-state index is 0.0925. The van der Waals surface area contributed by atoms with E-state index in [0.29, 0.717) is 25.2 Å². The number of nitrogen functional groups attached to an aromatic ring is 1.